The smallest absolute Gasteiger partial charge is 0.269 e. The summed E-state index contributed by atoms with van der Waals surface area (Å²) in [5.41, 5.74) is 3.02. The normalized spacial score (nSPS) is 10.5. The SMILES string of the molecule is O=C(NCCc1ccccc1F)c1ccc(-c2ccsc2)cn1. The number of rotatable bonds is 5. The van der Waals surface area contributed by atoms with Crippen molar-refractivity contribution >= 4 is 17.2 Å². The van der Waals surface area contributed by atoms with Crippen LogP contribution in [0.2, 0.25) is 0 Å². The molecule has 0 fully saturated rings. The molecule has 5 heteroatoms. The lowest BCUT2D eigenvalue weighted by atomic mass is 10.1. The zero-order valence-corrected chi connectivity index (χ0v) is 13.1. The van der Waals surface area contributed by atoms with Gasteiger partial charge in [-0.05, 0) is 46.5 Å². The second kappa shape index (κ2) is 7.15. The highest BCUT2D eigenvalue weighted by molar-refractivity contribution is 7.08. The molecule has 0 saturated carbocycles. The van der Waals surface area contributed by atoms with Crippen LogP contribution in [0, 0.1) is 5.82 Å². The maximum Gasteiger partial charge on any atom is 0.269 e. The molecule has 0 saturated heterocycles. The quantitative estimate of drug-likeness (QED) is 0.772. The molecule has 2 aromatic heterocycles. The summed E-state index contributed by atoms with van der Waals surface area (Å²) < 4.78 is 13.5. The van der Waals surface area contributed by atoms with Crippen molar-refractivity contribution in [2.24, 2.45) is 0 Å². The van der Waals surface area contributed by atoms with Crippen molar-refractivity contribution in [3.8, 4) is 11.1 Å². The number of aromatic nitrogens is 1. The Bertz CT molecular complexity index is 785. The zero-order valence-electron chi connectivity index (χ0n) is 12.3. The van der Waals surface area contributed by atoms with E-state index in [1.807, 2.05) is 22.9 Å². The number of thiophene rings is 1. The molecular formula is C18H15FN2OS. The number of amides is 1. The minimum Gasteiger partial charge on any atom is -0.350 e. The van der Waals surface area contributed by atoms with Crippen LogP contribution in [0.3, 0.4) is 0 Å². The summed E-state index contributed by atoms with van der Waals surface area (Å²) in [5, 5.41) is 6.79. The number of pyridine rings is 1. The van der Waals surface area contributed by atoms with Crippen LogP contribution in [0.4, 0.5) is 4.39 Å². The van der Waals surface area contributed by atoms with Gasteiger partial charge in [-0.3, -0.25) is 9.78 Å². The Morgan fingerprint density at radius 1 is 1.13 bits per heavy atom. The van der Waals surface area contributed by atoms with Gasteiger partial charge in [0.1, 0.15) is 11.5 Å². The van der Waals surface area contributed by atoms with E-state index in [-0.39, 0.29) is 11.7 Å². The van der Waals surface area contributed by atoms with Crippen molar-refractivity contribution in [2.45, 2.75) is 6.42 Å². The molecular weight excluding hydrogens is 311 g/mol. The Morgan fingerprint density at radius 2 is 2.00 bits per heavy atom. The highest BCUT2D eigenvalue weighted by Gasteiger charge is 2.08. The first kappa shape index (κ1) is 15.4. The van der Waals surface area contributed by atoms with Crippen molar-refractivity contribution in [1.29, 1.82) is 0 Å². The van der Waals surface area contributed by atoms with Gasteiger partial charge >= 0.3 is 0 Å². The third-order valence-electron chi connectivity index (χ3n) is 3.49. The Hall–Kier alpha value is -2.53. The summed E-state index contributed by atoms with van der Waals surface area (Å²) in [6.07, 6.45) is 2.14. The lowest BCUT2D eigenvalue weighted by Gasteiger charge is -2.06. The van der Waals surface area contributed by atoms with Crippen LogP contribution in [0.25, 0.3) is 11.1 Å². The molecule has 1 aromatic carbocycles. The monoisotopic (exact) mass is 326 g/mol. The number of nitrogens with zero attached hydrogens (tertiary/aromatic N) is 1. The molecule has 1 amide bonds. The lowest BCUT2D eigenvalue weighted by Crippen LogP contribution is -2.26. The standard InChI is InChI=1S/C18H15FN2OS/c19-16-4-2-1-3-13(16)7-9-20-18(22)17-6-5-14(11-21-17)15-8-10-23-12-15/h1-6,8,10-12H,7,9H2,(H,20,22). The average Bonchev–Trinajstić information content (AvgIpc) is 3.11. The van der Waals surface area contributed by atoms with Crippen LogP contribution < -0.4 is 5.32 Å². The number of hydrogen-bond acceptors (Lipinski definition) is 3. The van der Waals surface area contributed by atoms with Crippen LogP contribution in [-0.4, -0.2) is 17.4 Å². The molecule has 116 valence electrons. The average molecular weight is 326 g/mol. The third-order valence-corrected chi connectivity index (χ3v) is 4.17. The zero-order chi connectivity index (χ0) is 16.1. The molecule has 0 aliphatic rings. The Balaban J connectivity index is 1.57. The largest absolute Gasteiger partial charge is 0.350 e. The number of nitrogens with one attached hydrogen (secondary N) is 1. The molecule has 1 N–H and O–H groups in total. The summed E-state index contributed by atoms with van der Waals surface area (Å²) >= 11 is 1.62. The van der Waals surface area contributed by atoms with Gasteiger partial charge in [0.25, 0.3) is 5.91 Å². The Labute approximate surface area is 137 Å². The summed E-state index contributed by atoms with van der Waals surface area (Å²) in [4.78, 5) is 16.2. The van der Waals surface area contributed by atoms with E-state index >= 15 is 0 Å². The molecule has 0 radical (unpaired) electrons. The van der Waals surface area contributed by atoms with Gasteiger partial charge < -0.3 is 5.32 Å². The van der Waals surface area contributed by atoms with Gasteiger partial charge in [-0.25, -0.2) is 4.39 Å². The molecule has 2 heterocycles. The van der Waals surface area contributed by atoms with Gasteiger partial charge in [0.2, 0.25) is 0 Å². The highest BCUT2D eigenvalue weighted by Crippen LogP contribution is 2.21. The van der Waals surface area contributed by atoms with Gasteiger partial charge in [0.05, 0.1) is 0 Å². The summed E-state index contributed by atoms with van der Waals surface area (Å²) in [7, 11) is 0. The molecule has 3 rings (SSSR count). The summed E-state index contributed by atoms with van der Waals surface area (Å²) in [6, 6.07) is 12.2. The minimum atomic E-state index is -0.252. The summed E-state index contributed by atoms with van der Waals surface area (Å²) in [6.45, 7) is 0.369. The predicted octanol–water partition coefficient (Wildman–Crippen LogP) is 3.92. The fraction of sp³-hybridized carbons (Fsp3) is 0.111. The van der Waals surface area contributed by atoms with Gasteiger partial charge in [-0.15, -0.1) is 0 Å². The fourth-order valence-corrected chi connectivity index (χ4v) is 2.90. The Kier molecular flexibility index (Phi) is 4.78. The first-order valence-electron chi connectivity index (χ1n) is 7.24. The van der Waals surface area contributed by atoms with Gasteiger partial charge in [0.15, 0.2) is 0 Å². The number of carbonyl (C=O) groups excluding carboxylic acids is 1. The molecule has 0 aliphatic carbocycles. The third kappa shape index (κ3) is 3.81. The maximum atomic E-state index is 13.5. The van der Waals surface area contributed by atoms with E-state index < -0.39 is 0 Å². The van der Waals surface area contributed by atoms with Crippen LogP contribution in [0.5, 0.6) is 0 Å². The molecule has 3 aromatic rings. The first-order valence-corrected chi connectivity index (χ1v) is 8.18. The maximum absolute atomic E-state index is 13.5. The molecule has 3 nitrogen and oxygen atoms in total. The van der Waals surface area contributed by atoms with Crippen LogP contribution in [0.1, 0.15) is 16.1 Å². The van der Waals surface area contributed by atoms with Gasteiger partial charge in [-0.1, -0.05) is 24.3 Å². The van der Waals surface area contributed by atoms with E-state index in [0.717, 1.165) is 11.1 Å². The van der Waals surface area contributed by atoms with E-state index in [1.165, 1.54) is 6.07 Å². The minimum absolute atomic E-state index is 0.250. The van der Waals surface area contributed by atoms with Crippen molar-refractivity contribution in [2.75, 3.05) is 6.54 Å². The van der Waals surface area contributed by atoms with E-state index in [0.29, 0.717) is 24.2 Å². The molecule has 0 spiro atoms. The molecule has 0 aliphatic heterocycles. The van der Waals surface area contributed by atoms with E-state index in [4.69, 9.17) is 0 Å². The predicted molar refractivity (Wildman–Crippen MR) is 90.0 cm³/mol. The topological polar surface area (TPSA) is 42.0 Å². The van der Waals surface area contributed by atoms with Crippen molar-refractivity contribution in [1.82, 2.24) is 10.3 Å². The molecule has 0 atom stereocenters. The van der Waals surface area contributed by atoms with Crippen LogP contribution in [0.15, 0.2) is 59.4 Å². The second-order valence-electron chi connectivity index (χ2n) is 5.04. The summed E-state index contributed by atoms with van der Waals surface area (Å²) in [5.74, 6) is -0.502. The van der Waals surface area contributed by atoms with Gasteiger partial charge in [0, 0.05) is 18.3 Å². The fourth-order valence-electron chi connectivity index (χ4n) is 2.23. The van der Waals surface area contributed by atoms with Crippen molar-refractivity contribution < 1.29 is 9.18 Å². The van der Waals surface area contributed by atoms with E-state index in [1.54, 1.807) is 41.8 Å². The number of benzene rings is 1. The molecule has 23 heavy (non-hydrogen) atoms. The van der Waals surface area contributed by atoms with Crippen molar-refractivity contribution in [3.05, 3.63) is 76.5 Å². The van der Waals surface area contributed by atoms with Gasteiger partial charge in [-0.2, -0.15) is 11.3 Å². The Morgan fingerprint density at radius 3 is 2.70 bits per heavy atom. The molecule has 0 unspecified atom stereocenters. The number of halogens is 1. The van der Waals surface area contributed by atoms with Crippen LogP contribution >= 0.6 is 11.3 Å². The van der Waals surface area contributed by atoms with E-state index in [2.05, 4.69) is 10.3 Å². The molecule has 0 bridgehead atoms. The van der Waals surface area contributed by atoms with E-state index in [9.17, 15) is 9.18 Å². The first-order chi connectivity index (χ1) is 11.2. The van der Waals surface area contributed by atoms with Crippen LogP contribution in [-0.2, 0) is 6.42 Å². The number of hydrogen-bond donors (Lipinski definition) is 1. The highest BCUT2D eigenvalue weighted by atomic mass is 32.1. The second-order valence-corrected chi connectivity index (χ2v) is 5.82. The number of carbonyl (C=O) groups is 1. The lowest BCUT2D eigenvalue weighted by molar-refractivity contribution is 0.0949. The van der Waals surface area contributed by atoms with Crippen molar-refractivity contribution in [3.63, 3.8) is 0 Å².